The maximum atomic E-state index is 11.6. The van der Waals surface area contributed by atoms with Crippen molar-refractivity contribution in [1.82, 2.24) is 4.90 Å². The molecule has 0 atom stereocenters. The zero-order valence-corrected chi connectivity index (χ0v) is 19.9. The van der Waals surface area contributed by atoms with E-state index < -0.39 is 0 Å². The number of rotatable bonds is 9. The van der Waals surface area contributed by atoms with E-state index >= 15 is 0 Å². The molecule has 2 aromatic carbocycles. The molecule has 1 saturated heterocycles. The predicted molar refractivity (Wildman–Crippen MR) is 130 cm³/mol. The molecule has 0 N–H and O–H groups in total. The topological polar surface area (TPSA) is 38.8 Å². The first-order chi connectivity index (χ1) is 15.6. The SMILES string of the molecule is CCCOC[C@H]1CC[C@H](Oc2ccc3cc(CN4CCC(C(C)=O)CC4)ccc3c2)CC1. The van der Waals surface area contributed by atoms with Gasteiger partial charge in [0.25, 0.3) is 0 Å². The van der Waals surface area contributed by atoms with Crippen LogP contribution in [0.25, 0.3) is 10.8 Å². The molecule has 0 aromatic heterocycles. The summed E-state index contributed by atoms with van der Waals surface area (Å²) < 4.78 is 12.1. The van der Waals surface area contributed by atoms with Gasteiger partial charge in [0.2, 0.25) is 0 Å². The Hall–Kier alpha value is -1.91. The Morgan fingerprint density at radius 1 is 0.969 bits per heavy atom. The van der Waals surface area contributed by atoms with Crippen LogP contribution >= 0.6 is 0 Å². The van der Waals surface area contributed by atoms with E-state index in [-0.39, 0.29) is 5.92 Å². The number of hydrogen-bond acceptors (Lipinski definition) is 4. The number of piperidine rings is 1. The van der Waals surface area contributed by atoms with E-state index in [0.717, 1.165) is 70.7 Å². The molecule has 174 valence electrons. The van der Waals surface area contributed by atoms with Gasteiger partial charge in [-0.3, -0.25) is 9.69 Å². The molecule has 4 heteroatoms. The zero-order chi connectivity index (χ0) is 22.3. The zero-order valence-electron chi connectivity index (χ0n) is 19.9. The molecule has 1 saturated carbocycles. The number of fused-ring (bicyclic) bond motifs is 1. The number of carbonyl (C=O) groups excluding carboxylic acids is 1. The molecule has 1 aliphatic carbocycles. The highest BCUT2D eigenvalue weighted by Gasteiger charge is 2.23. The van der Waals surface area contributed by atoms with Gasteiger partial charge in [-0.1, -0.05) is 25.1 Å². The van der Waals surface area contributed by atoms with E-state index in [1.807, 2.05) is 0 Å². The third kappa shape index (κ3) is 6.32. The van der Waals surface area contributed by atoms with Crippen molar-refractivity contribution in [2.24, 2.45) is 11.8 Å². The quantitative estimate of drug-likeness (QED) is 0.451. The summed E-state index contributed by atoms with van der Waals surface area (Å²) >= 11 is 0. The van der Waals surface area contributed by atoms with Crippen LogP contribution in [0.1, 0.15) is 64.4 Å². The number of benzene rings is 2. The van der Waals surface area contributed by atoms with Crippen LogP contribution in [0.15, 0.2) is 36.4 Å². The molecule has 2 fully saturated rings. The van der Waals surface area contributed by atoms with Gasteiger partial charge in [-0.25, -0.2) is 0 Å². The summed E-state index contributed by atoms with van der Waals surface area (Å²) in [5, 5.41) is 2.51. The van der Waals surface area contributed by atoms with Gasteiger partial charge in [-0.05, 0) is 105 Å². The maximum absolute atomic E-state index is 11.6. The number of carbonyl (C=O) groups is 1. The molecule has 2 aromatic rings. The lowest BCUT2D eigenvalue weighted by Gasteiger charge is -2.30. The van der Waals surface area contributed by atoms with Crippen LogP contribution in [0.4, 0.5) is 0 Å². The summed E-state index contributed by atoms with van der Waals surface area (Å²) in [5.74, 6) is 2.31. The van der Waals surface area contributed by atoms with Crippen molar-refractivity contribution in [3.05, 3.63) is 42.0 Å². The molecule has 0 bridgehead atoms. The Bertz CT molecular complexity index is 879. The minimum absolute atomic E-state index is 0.269. The van der Waals surface area contributed by atoms with E-state index in [1.54, 1.807) is 6.92 Å². The van der Waals surface area contributed by atoms with Crippen molar-refractivity contribution >= 4 is 16.6 Å². The van der Waals surface area contributed by atoms with Gasteiger partial charge < -0.3 is 9.47 Å². The molecular weight excluding hydrogens is 398 g/mol. The van der Waals surface area contributed by atoms with Gasteiger partial charge in [0.1, 0.15) is 11.5 Å². The fraction of sp³-hybridized carbons (Fsp3) is 0.607. The van der Waals surface area contributed by atoms with Crippen LogP contribution in [0.2, 0.25) is 0 Å². The van der Waals surface area contributed by atoms with Crippen LogP contribution in [-0.2, 0) is 16.1 Å². The molecule has 0 radical (unpaired) electrons. The smallest absolute Gasteiger partial charge is 0.133 e. The first-order valence-corrected chi connectivity index (χ1v) is 12.6. The number of likely N-dealkylation sites (tertiary alicyclic amines) is 1. The number of Topliss-reactive ketones (excluding diaryl/α,β-unsaturated/α-hetero) is 1. The molecule has 1 heterocycles. The molecule has 0 unspecified atom stereocenters. The van der Waals surface area contributed by atoms with Crippen LogP contribution in [0.3, 0.4) is 0 Å². The molecule has 0 spiro atoms. The second-order valence-electron chi connectivity index (χ2n) is 9.84. The summed E-state index contributed by atoms with van der Waals surface area (Å²) in [6, 6.07) is 13.3. The van der Waals surface area contributed by atoms with Crippen molar-refractivity contribution in [2.45, 2.75) is 71.4 Å². The van der Waals surface area contributed by atoms with Gasteiger partial charge in [0.15, 0.2) is 0 Å². The lowest BCUT2D eigenvalue weighted by atomic mass is 9.88. The van der Waals surface area contributed by atoms with Crippen molar-refractivity contribution in [3.63, 3.8) is 0 Å². The van der Waals surface area contributed by atoms with Crippen LogP contribution < -0.4 is 4.74 Å². The molecule has 4 nitrogen and oxygen atoms in total. The first kappa shape index (κ1) is 23.3. The first-order valence-electron chi connectivity index (χ1n) is 12.6. The van der Waals surface area contributed by atoms with E-state index in [9.17, 15) is 4.79 Å². The summed E-state index contributed by atoms with van der Waals surface area (Å²) in [6.45, 7) is 8.68. The molecule has 4 rings (SSSR count). The average Bonchev–Trinajstić information content (AvgIpc) is 2.81. The van der Waals surface area contributed by atoms with E-state index in [1.165, 1.54) is 29.2 Å². The number of hydrogen-bond donors (Lipinski definition) is 0. The van der Waals surface area contributed by atoms with Crippen LogP contribution in [-0.4, -0.2) is 43.1 Å². The Morgan fingerprint density at radius 2 is 1.69 bits per heavy atom. The minimum Gasteiger partial charge on any atom is -0.490 e. The standard InChI is InChI=1S/C28H39NO3/c1-3-16-31-20-22-5-9-27(10-6-22)32-28-11-8-25-17-23(4-7-26(25)18-28)19-29-14-12-24(13-15-29)21(2)30/h4,7-8,11,17-18,22,24,27H,3,5-6,9-10,12-16,19-20H2,1-2H3/t22-,27-. The monoisotopic (exact) mass is 437 g/mol. The number of ether oxygens (including phenoxy) is 2. The van der Waals surface area contributed by atoms with Gasteiger partial charge in [-0.2, -0.15) is 0 Å². The second kappa shape index (κ2) is 11.3. The minimum atomic E-state index is 0.269. The summed E-state index contributed by atoms with van der Waals surface area (Å²) in [7, 11) is 0. The summed E-state index contributed by atoms with van der Waals surface area (Å²) in [6.07, 6.45) is 8.07. The normalized spacial score (nSPS) is 22.8. The van der Waals surface area contributed by atoms with Crippen LogP contribution in [0.5, 0.6) is 5.75 Å². The Labute approximate surface area is 193 Å². The largest absolute Gasteiger partial charge is 0.490 e. The lowest BCUT2D eigenvalue weighted by Crippen LogP contribution is -2.35. The Morgan fingerprint density at radius 3 is 2.41 bits per heavy atom. The summed E-state index contributed by atoms with van der Waals surface area (Å²) in [4.78, 5) is 14.1. The second-order valence-corrected chi connectivity index (χ2v) is 9.84. The Balaban J connectivity index is 1.28. The third-order valence-corrected chi connectivity index (χ3v) is 7.24. The number of ketones is 1. The third-order valence-electron chi connectivity index (χ3n) is 7.24. The van der Waals surface area contributed by atoms with Gasteiger partial charge >= 0.3 is 0 Å². The molecule has 2 aliphatic rings. The van der Waals surface area contributed by atoms with Gasteiger partial charge in [0, 0.05) is 25.7 Å². The average molecular weight is 438 g/mol. The lowest BCUT2D eigenvalue weighted by molar-refractivity contribution is -0.122. The van der Waals surface area contributed by atoms with Crippen molar-refractivity contribution in [1.29, 1.82) is 0 Å². The molecule has 0 amide bonds. The molecular formula is C28H39NO3. The van der Waals surface area contributed by atoms with E-state index in [2.05, 4.69) is 48.2 Å². The number of nitrogens with zero attached hydrogens (tertiary/aromatic N) is 1. The summed E-state index contributed by atoms with van der Waals surface area (Å²) in [5.41, 5.74) is 1.34. The van der Waals surface area contributed by atoms with E-state index in [4.69, 9.17) is 9.47 Å². The highest BCUT2D eigenvalue weighted by atomic mass is 16.5. The molecule has 32 heavy (non-hydrogen) atoms. The molecule has 1 aliphatic heterocycles. The highest BCUT2D eigenvalue weighted by molar-refractivity contribution is 5.84. The van der Waals surface area contributed by atoms with Gasteiger partial charge in [0.05, 0.1) is 6.10 Å². The van der Waals surface area contributed by atoms with Gasteiger partial charge in [-0.15, -0.1) is 0 Å². The van der Waals surface area contributed by atoms with Crippen molar-refractivity contribution < 1.29 is 14.3 Å². The van der Waals surface area contributed by atoms with Crippen molar-refractivity contribution in [3.8, 4) is 5.75 Å². The Kier molecular flexibility index (Phi) is 8.20. The highest BCUT2D eigenvalue weighted by Crippen LogP contribution is 2.30. The maximum Gasteiger partial charge on any atom is 0.133 e. The predicted octanol–water partition coefficient (Wildman–Crippen LogP) is 6.01. The fourth-order valence-corrected chi connectivity index (χ4v) is 5.20. The van der Waals surface area contributed by atoms with E-state index in [0.29, 0.717) is 17.8 Å². The fourth-order valence-electron chi connectivity index (χ4n) is 5.20. The van der Waals surface area contributed by atoms with Crippen LogP contribution in [0, 0.1) is 11.8 Å². The van der Waals surface area contributed by atoms with Crippen molar-refractivity contribution in [2.75, 3.05) is 26.3 Å².